The highest BCUT2D eigenvalue weighted by atomic mass is 32.1. The molecular formula is C18H16FNOS2. The van der Waals surface area contributed by atoms with E-state index in [1.54, 1.807) is 10.6 Å². The van der Waals surface area contributed by atoms with E-state index in [4.69, 9.17) is 28.9 Å². The molecular weight excluding hydrogens is 329 g/mol. The molecule has 1 aromatic heterocycles. The van der Waals surface area contributed by atoms with Crippen LogP contribution in [0.4, 0.5) is 4.39 Å². The molecule has 3 aromatic rings. The molecule has 0 spiro atoms. The number of hydrogen-bond acceptors (Lipinski definition) is 3. The molecule has 0 fully saturated rings. The molecule has 0 bridgehead atoms. The van der Waals surface area contributed by atoms with Crippen molar-refractivity contribution in [1.82, 2.24) is 4.57 Å². The third-order valence-corrected chi connectivity index (χ3v) is 4.76. The lowest BCUT2D eigenvalue weighted by Gasteiger charge is -2.12. The van der Waals surface area contributed by atoms with Crippen molar-refractivity contribution >= 4 is 35.4 Å². The third-order valence-electron chi connectivity index (χ3n) is 4.09. The molecule has 5 heteroatoms. The van der Waals surface area contributed by atoms with Crippen molar-refractivity contribution in [2.24, 2.45) is 0 Å². The van der Waals surface area contributed by atoms with Gasteiger partial charge in [0.25, 0.3) is 4.84 Å². The Morgan fingerprint density at radius 3 is 2.48 bits per heavy atom. The summed E-state index contributed by atoms with van der Waals surface area (Å²) in [5.74, 6) is 0.143. The Bertz CT molecular complexity index is 973. The normalized spacial score (nSPS) is 12.5. The molecule has 0 aliphatic heterocycles. The number of rotatable bonds is 3. The second-order valence-corrected chi connectivity index (χ2v) is 6.29. The fourth-order valence-corrected chi connectivity index (χ4v) is 3.20. The first-order valence-corrected chi connectivity index (χ1v) is 8.28. The van der Waals surface area contributed by atoms with Crippen LogP contribution in [-0.4, -0.2) is 4.57 Å². The molecule has 0 saturated heterocycles. The average Bonchev–Trinajstić information content (AvgIpc) is 2.55. The van der Waals surface area contributed by atoms with Crippen LogP contribution in [0.15, 0.2) is 46.9 Å². The minimum absolute atomic E-state index is 0.255. The van der Waals surface area contributed by atoms with Gasteiger partial charge in [-0.3, -0.25) is 4.57 Å². The average molecular weight is 345 g/mol. The van der Waals surface area contributed by atoms with Crippen molar-refractivity contribution in [2.45, 2.75) is 26.2 Å². The van der Waals surface area contributed by atoms with E-state index in [9.17, 15) is 4.39 Å². The Kier molecular flexibility index (Phi) is 4.41. The molecule has 1 atom stereocenters. The van der Waals surface area contributed by atoms with Gasteiger partial charge in [0.05, 0.1) is 11.1 Å². The standard InChI is InChI=1S/C18H16FNOS2/c1-3-11(2)12-4-7-14(8-5-12)20-17(22)15-10-13(19)6-9-16(15)21-18(20)23/h4-11H,3H2,1-2H3. The molecule has 0 saturated carbocycles. The van der Waals surface area contributed by atoms with Gasteiger partial charge in [0.1, 0.15) is 16.0 Å². The van der Waals surface area contributed by atoms with Crippen LogP contribution in [0.3, 0.4) is 0 Å². The molecule has 1 unspecified atom stereocenters. The van der Waals surface area contributed by atoms with Gasteiger partial charge in [-0.1, -0.05) is 38.2 Å². The molecule has 1 heterocycles. The fourth-order valence-electron chi connectivity index (χ4n) is 2.51. The Hall–Kier alpha value is -1.85. The van der Waals surface area contributed by atoms with Crippen LogP contribution >= 0.6 is 24.4 Å². The summed E-state index contributed by atoms with van der Waals surface area (Å²) >= 11 is 10.8. The Morgan fingerprint density at radius 2 is 1.83 bits per heavy atom. The van der Waals surface area contributed by atoms with Crippen molar-refractivity contribution in [3.05, 3.63) is 63.3 Å². The summed E-state index contributed by atoms with van der Waals surface area (Å²) in [6.07, 6.45) is 1.08. The van der Waals surface area contributed by atoms with Gasteiger partial charge in [-0.25, -0.2) is 4.39 Å². The van der Waals surface area contributed by atoms with Crippen molar-refractivity contribution in [1.29, 1.82) is 0 Å². The largest absolute Gasteiger partial charge is 0.431 e. The number of fused-ring (bicyclic) bond motifs is 1. The van der Waals surface area contributed by atoms with Crippen molar-refractivity contribution in [3.8, 4) is 5.69 Å². The van der Waals surface area contributed by atoms with Crippen LogP contribution < -0.4 is 0 Å². The highest BCUT2D eigenvalue weighted by Crippen LogP contribution is 2.24. The summed E-state index contributed by atoms with van der Waals surface area (Å²) in [4.78, 5) is 0.255. The summed E-state index contributed by atoms with van der Waals surface area (Å²) < 4.78 is 21.2. The van der Waals surface area contributed by atoms with Crippen molar-refractivity contribution in [2.75, 3.05) is 0 Å². The first kappa shape index (κ1) is 16.0. The van der Waals surface area contributed by atoms with Gasteiger partial charge in [-0.2, -0.15) is 0 Å². The summed E-state index contributed by atoms with van der Waals surface area (Å²) in [5, 5.41) is 0.541. The zero-order valence-corrected chi connectivity index (χ0v) is 14.5. The second-order valence-electron chi connectivity index (χ2n) is 5.55. The van der Waals surface area contributed by atoms with E-state index < -0.39 is 0 Å². The number of aromatic nitrogens is 1. The predicted octanol–water partition coefficient (Wildman–Crippen LogP) is 6.34. The smallest absolute Gasteiger partial charge is 0.274 e. The second kappa shape index (κ2) is 6.34. The molecule has 2 nitrogen and oxygen atoms in total. The van der Waals surface area contributed by atoms with E-state index in [1.807, 2.05) is 12.1 Å². The minimum Gasteiger partial charge on any atom is -0.431 e. The van der Waals surface area contributed by atoms with E-state index in [2.05, 4.69) is 26.0 Å². The van der Waals surface area contributed by atoms with E-state index in [-0.39, 0.29) is 10.7 Å². The molecule has 0 aliphatic carbocycles. The maximum atomic E-state index is 13.5. The van der Waals surface area contributed by atoms with Gasteiger partial charge in [0, 0.05) is 0 Å². The van der Waals surface area contributed by atoms with Crippen LogP contribution in [0.1, 0.15) is 31.7 Å². The van der Waals surface area contributed by atoms with Crippen molar-refractivity contribution < 1.29 is 8.81 Å². The first-order valence-electron chi connectivity index (χ1n) is 7.47. The van der Waals surface area contributed by atoms with Crippen LogP contribution in [0.5, 0.6) is 0 Å². The quantitative estimate of drug-likeness (QED) is 0.516. The van der Waals surface area contributed by atoms with Crippen LogP contribution in [-0.2, 0) is 0 Å². The van der Waals surface area contributed by atoms with Gasteiger partial charge >= 0.3 is 0 Å². The SMILES string of the molecule is CCC(C)c1ccc(-n2c(=S)oc3ccc(F)cc3c2=S)cc1. The molecule has 0 radical (unpaired) electrons. The molecule has 2 aromatic carbocycles. The first-order chi connectivity index (χ1) is 11.0. The summed E-state index contributed by atoms with van der Waals surface area (Å²) in [6, 6.07) is 12.3. The topological polar surface area (TPSA) is 18.1 Å². The predicted molar refractivity (Wildman–Crippen MR) is 95.9 cm³/mol. The lowest BCUT2D eigenvalue weighted by molar-refractivity contribution is 0.535. The number of hydrogen-bond donors (Lipinski definition) is 0. The van der Waals surface area contributed by atoms with Gasteiger partial charge in [-0.05, 0) is 60.5 Å². The van der Waals surface area contributed by atoms with Gasteiger partial charge in [0.15, 0.2) is 0 Å². The van der Waals surface area contributed by atoms with E-state index in [1.165, 1.54) is 17.7 Å². The summed E-state index contributed by atoms with van der Waals surface area (Å²) in [6.45, 7) is 4.35. The lowest BCUT2D eigenvalue weighted by Crippen LogP contribution is -2.00. The molecule has 118 valence electrons. The van der Waals surface area contributed by atoms with E-state index in [0.29, 0.717) is 21.5 Å². The summed E-state index contributed by atoms with van der Waals surface area (Å²) in [7, 11) is 0. The lowest BCUT2D eigenvalue weighted by atomic mass is 9.99. The molecule has 23 heavy (non-hydrogen) atoms. The zero-order valence-electron chi connectivity index (χ0n) is 12.9. The molecule has 0 N–H and O–H groups in total. The fraction of sp³-hybridized carbons (Fsp3) is 0.222. The van der Waals surface area contributed by atoms with Gasteiger partial charge in [0.2, 0.25) is 0 Å². The minimum atomic E-state index is -0.352. The van der Waals surface area contributed by atoms with Gasteiger partial charge < -0.3 is 4.42 Å². The van der Waals surface area contributed by atoms with Crippen LogP contribution in [0.25, 0.3) is 16.7 Å². The highest BCUT2D eigenvalue weighted by molar-refractivity contribution is 7.72. The molecule has 3 rings (SSSR count). The number of halogens is 1. The van der Waals surface area contributed by atoms with Crippen LogP contribution in [0.2, 0.25) is 0 Å². The molecule has 0 aliphatic rings. The Labute approximate surface area is 144 Å². The van der Waals surface area contributed by atoms with Crippen molar-refractivity contribution in [3.63, 3.8) is 0 Å². The molecule has 0 amide bonds. The maximum Gasteiger partial charge on any atom is 0.274 e. The summed E-state index contributed by atoms with van der Waals surface area (Å²) in [5.41, 5.74) is 2.58. The highest BCUT2D eigenvalue weighted by Gasteiger charge is 2.09. The van der Waals surface area contributed by atoms with E-state index in [0.717, 1.165) is 12.1 Å². The maximum absolute atomic E-state index is 13.5. The number of nitrogens with zero attached hydrogens (tertiary/aromatic N) is 1. The number of benzene rings is 2. The van der Waals surface area contributed by atoms with Gasteiger partial charge in [-0.15, -0.1) is 0 Å². The zero-order chi connectivity index (χ0) is 16.6. The third kappa shape index (κ3) is 2.99. The van der Waals surface area contributed by atoms with Crippen LogP contribution in [0, 0.1) is 15.3 Å². The monoisotopic (exact) mass is 345 g/mol. The van der Waals surface area contributed by atoms with E-state index >= 15 is 0 Å². The Balaban J connectivity index is 2.20. The Morgan fingerprint density at radius 1 is 1.13 bits per heavy atom.